The molecule has 0 atom stereocenters. The summed E-state index contributed by atoms with van der Waals surface area (Å²) in [6.07, 6.45) is 0.664. The van der Waals surface area contributed by atoms with Crippen molar-refractivity contribution in [2.75, 3.05) is 0 Å². The molecule has 0 aliphatic carbocycles. The van der Waals surface area contributed by atoms with Gasteiger partial charge in [-0.2, -0.15) is 0 Å². The summed E-state index contributed by atoms with van der Waals surface area (Å²) in [5, 5.41) is 0. The van der Waals surface area contributed by atoms with Crippen molar-refractivity contribution < 1.29 is 4.79 Å². The van der Waals surface area contributed by atoms with E-state index in [4.69, 9.17) is 4.79 Å². The summed E-state index contributed by atoms with van der Waals surface area (Å²) in [7, 11) is 2.79. The van der Waals surface area contributed by atoms with Crippen molar-refractivity contribution >= 4 is 20.9 Å². The Hall–Kier alpha value is -0.160. The fraction of sp³-hybridized carbons (Fsp3) is 0. The molecule has 0 aromatic carbocycles. The first kappa shape index (κ1) is 3.84. The molecule has 0 bridgehead atoms. The van der Waals surface area contributed by atoms with E-state index in [1.165, 1.54) is 5.80 Å². The van der Waals surface area contributed by atoms with E-state index in [2.05, 4.69) is 8.86 Å². The van der Waals surface area contributed by atoms with Crippen LogP contribution < -0.4 is 0 Å². The average molecular weight is 74.0 g/mol. The summed E-state index contributed by atoms with van der Waals surface area (Å²) in [6.45, 7) is 0. The highest BCUT2D eigenvalue weighted by atomic mass is 31.0. The molecule has 0 aromatic heterocycles. The lowest BCUT2D eigenvalue weighted by molar-refractivity contribution is -0.102. The molecule has 0 N–H and O–H groups in total. The maximum atomic E-state index is 9.07. The molecular weight excluding hydrogens is 71.0 g/mol. The zero-order chi connectivity index (χ0) is 3.41. The molecule has 0 fully saturated rings. The maximum Gasteiger partial charge on any atom is 0.146 e. The molecule has 0 saturated heterocycles. The van der Waals surface area contributed by atoms with E-state index in [-0.39, 0.29) is 0 Å². The second-order valence-corrected chi connectivity index (χ2v) is 0.636. The third-order valence-corrected chi connectivity index (χ3v) is 0.204. The van der Waals surface area contributed by atoms with Crippen LogP contribution in [0.4, 0.5) is 0 Å². The van der Waals surface area contributed by atoms with Crippen LogP contribution in [-0.4, -0.2) is 12.1 Å². The lowest BCUT2D eigenvalue weighted by Gasteiger charge is -1.36. The second-order valence-electron chi connectivity index (χ2n) is 0.303. The van der Waals surface area contributed by atoms with E-state index in [1.807, 2.05) is 0 Å². The van der Waals surface area contributed by atoms with Crippen LogP contribution >= 0.6 is 8.86 Å². The first-order chi connectivity index (χ1) is 1.91. The molecule has 4 heavy (non-hydrogen) atoms. The molecule has 0 radical (unpaired) electrons. The predicted octanol–water partition coefficient (Wildman–Crippen LogP) is 0.130. The van der Waals surface area contributed by atoms with Crippen LogP contribution in [0.5, 0.6) is 0 Å². The topological polar surface area (TPSA) is 17.1 Å². The SMILES string of the molecule is O=CC=P. The fourth-order valence-electron chi connectivity index (χ4n) is 0. The van der Waals surface area contributed by atoms with E-state index < -0.39 is 0 Å². The smallest absolute Gasteiger partial charge is 0.146 e. The zero-order valence-electron chi connectivity index (χ0n) is 2.06. The zero-order valence-corrected chi connectivity index (χ0v) is 3.06. The van der Waals surface area contributed by atoms with Gasteiger partial charge in [0.15, 0.2) is 0 Å². The van der Waals surface area contributed by atoms with Gasteiger partial charge in [-0.25, -0.2) is 0 Å². The Balaban J connectivity index is 2.73. The van der Waals surface area contributed by atoms with Gasteiger partial charge in [-0.15, -0.1) is 8.86 Å². The molecule has 0 aliphatic rings. The molecule has 0 heterocycles. The number of hydrogen-bond donors (Lipinski definition) is 0. The van der Waals surface area contributed by atoms with Crippen molar-refractivity contribution in [3.8, 4) is 0 Å². The van der Waals surface area contributed by atoms with Gasteiger partial charge in [0.2, 0.25) is 0 Å². The Morgan fingerprint density at radius 1 is 1.75 bits per heavy atom. The van der Waals surface area contributed by atoms with E-state index in [9.17, 15) is 0 Å². The molecule has 0 unspecified atom stereocenters. The summed E-state index contributed by atoms with van der Waals surface area (Å²) >= 11 is 0. The van der Waals surface area contributed by atoms with Crippen LogP contribution in [0.1, 0.15) is 0 Å². The van der Waals surface area contributed by atoms with Crippen LogP contribution in [0.2, 0.25) is 0 Å². The minimum Gasteiger partial charge on any atom is -0.298 e. The summed E-state index contributed by atoms with van der Waals surface area (Å²) in [5.74, 6) is 1.25. The third kappa shape index (κ3) is 1.84. The molecule has 2 heteroatoms. The molecule has 22 valence electrons. The minimum absolute atomic E-state index is 0.664. The van der Waals surface area contributed by atoms with Gasteiger partial charge in [0.25, 0.3) is 0 Å². The van der Waals surface area contributed by atoms with Crippen molar-refractivity contribution in [1.82, 2.24) is 0 Å². The van der Waals surface area contributed by atoms with Crippen LogP contribution in [-0.2, 0) is 4.79 Å². The highest BCUT2D eigenvalue weighted by Gasteiger charge is 1.39. The van der Waals surface area contributed by atoms with Gasteiger partial charge < -0.3 is 0 Å². The van der Waals surface area contributed by atoms with Crippen LogP contribution in [0.3, 0.4) is 0 Å². The molecule has 0 spiro atoms. The molecular formula is C2H3OP. The molecule has 0 aliphatic heterocycles. The Labute approximate surface area is 26.9 Å². The predicted molar refractivity (Wildman–Crippen MR) is 20.4 cm³/mol. The van der Waals surface area contributed by atoms with E-state index in [0.717, 1.165) is 0 Å². The van der Waals surface area contributed by atoms with E-state index >= 15 is 0 Å². The van der Waals surface area contributed by atoms with Crippen molar-refractivity contribution in [2.24, 2.45) is 0 Å². The van der Waals surface area contributed by atoms with Crippen molar-refractivity contribution in [3.05, 3.63) is 0 Å². The lowest BCUT2D eigenvalue weighted by atomic mass is 10.9. The van der Waals surface area contributed by atoms with Crippen LogP contribution in [0, 0.1) is 0 Å². The number of rotatable bonds is 1. The number of hydrogen-bond acceptors (Lipinski definition) is 1. The van der Waals surface area contributed by atoms with Gasteiger partial charge in [-0.05, 0) is 5.80 Å². The maximum absolute atomic E-state index is 9.07. The molecule has 0 amide bonds. The van der Waals surface area contributed by atoms with Gasteiger partial charge in [0, 0.05) is 0 Å². The standard InChI is InChI=1S/C2H3OP/c3-1-2-4/h1-2,4H. The number of carbonyl (C=O) groups is 1. The summed E-state index contributed by atoms with van der Waals surface area (Å²) in [4.78, 5) is 9.07. The molecule has 1 nitrogen and oxygen atoms in total. The Morgan fingerprint density at radius 2 is 2.00 bits per heavy atom. The monoisotopic (exact) mass is 74.0 g/mol. The van der Waals surface area contributed by atoms with Crippen LogP contribution in [0.15, 0.2) is 0 Å². The van der Waals surface area contributed by atoms with Crippen molar-refractivity contribution in [2.45, 2.75) is 0 Å². The highest BCUT2D eigenvalue weighted by Crippen LogP contribution is 1.40. The van der Waals surface area contributed by atoms with E-state index in [0.29, 0.717) is 6.29 Å². The Bertz CT molecular complexity index is 27.0. The van der Waals surface area contributed by atoms with Gasteiger partial charge in [0.05, 0.1) is 0 Å². The Kier molecular flexibility index (Phi) is 2.73. The average Bonchev–Trinajstić information content (AvgIpc) is 1.37. The fourth-order valence-corrected chi connectivity index (χ4v) is 0. The Morgan fingerprint density at radius 3 is 2.00 bits per heavy atom. The second kappa shape index (κ2) is 2.84. The quantitative estimate of drug-likeness (QED) is 0.319. The molecule has 0 aromatic rings. The van der Waals surface area contributed by atoms with Crippen molar-refractivity contribution in [3.63, 3.8) is 0 Å². The van der Waals surface area contributed by atoms with Gasteiger partial charge in [-0.3, -0.25) is 4.79 Å². The molecule has 0 saturated carbocycles. The van der Waals surface area contributed by atoms with Gasteiger partial charge in [0.1, 0.15) is 6.29 Å². The summed E-state index contributed by atoms with van der Waals surface area (Å²) in [5.41, 5.74) is 0. The normalized spacial score (nSPS) is 5.00. The molecule has 0 rings (SSSR count). The summed E-state index contributed by atoms with van der Waals surface area (Å²) in [6, 6.07) is 0. The van der Waals surface area contributed by atoms with Crippen LogP contribution in [0.25, 0.3) is 0 Å². The minimum atomic E-state index is 0.664. The largest absolute Gasteiger partial charge is 0.298 e. The third-order valence-electron chi connectivity index (χ3n) is 0.0680. The van der Waals surface area contributed by atoms with Gasteiger partial charge in [-0.1, -0.05) is 0 Å². The first-order valence-electron chi connectivity index (χ1n) is 0.858. The highest BCUT2D eigenvalue weighted by molar-refractivity contribution is 7.21. The van der Waals surface area contributed by atoms with Crippen molar-refractivity contribution in [1.29, 1.82) is 0 Å². The number of aldehydes is 1. The number of carbonyl (C=O) groups excluding carboxylic acids is 1. The summed E-state index contributed by atoms with van der Waals surface area (Å²) < 4.78 is 0. The first-order valence-corrected chi connectivity index (χ1v) is 1.44. The van der Waals surface area contributed by atoms with Gasteiger partial charge >= 0.3 is 0 Å². The lowest BCUT2D eigenvalue weighted by Crippen LogP contribution is -1.56. The van der Waals surface area contributed by atoms with E-state index in [1.54, 1.807) is 0 Å².